The Balaban J connectivity index is 0.00000324. The predicted molar refractivity (Wildman–Crippen MR) is 89.8 cm³/mol. The third-order valence-corrected chi connectivity index (χ3v) is 2.64. The Morgan fingerprint density at radius 2 is 2.00 bits per heavy atom. The first-order valence-corrected chi connectivity index (χ1v) is 6.45. The second kappa shape index (κ2) is 11.0. The largest absolute Gasteiger partial charge is 0.356 e. The summed E-state index contributed by atoms with van der Waals surface area (Å²) in [6.45, 7) is 3.83. The van der Waals surface area contributed by atoms with Gasteiger partial charge in [0.25, 0.3) is 0 Å². The summed E-state index contributed by atoms with van der Waals surface area (Å²) >= 11 is 0. The number of aliphatic imine (C=N–C) groups is 1. The van der Waals surface area contributed by atoms with Crippen LogP contribution in [-0.4, -0.2) is 26.1 Å². The summed E-state index contributed by atoms with van der Waals surface area (Å²) < 4.78 is 13.0. The Hall–Kier alpha value is -0.850. The molecule has 1 rings (SSSR count). The molecule has 0 bridgehead atoms. The minimum Gasteiger partial charge on any atom is -0.356 e. The highest BCUT2D eigenvalue weighted by molar-refractivity contribution is 14.0. The second-order valence-corrected chi connectivity index (χ2v) is 4.16. The van der Waals surface area contributed by atoms with Gasteiger partial charge in [0.15, 0.2) is 5.96 Å². The predicted octanol–water partition coefficient (Wildman–Crippen LogP) is 2.95. The molecule has 1 aromatic rings. The highest BCUT2D eigenvalue weighted by atomic mass is 127. The molecule has 0 unspecified atom stereocenters. The molecule has 2 N–H and O–H groups in total. The molecule has 1 aromatic carbocycles. The summed E-state index contributed by atoms with van der Waals surface area (Å²) in [5.74, 6) is 0.623. The molecule has 5 heteroatoms. The Morgan fingerprint density at radius 3 is 2.63 bits per heavy atom. The lowest BCUT2D eigenvalue weighted by molar-refractivity contribution is 0.625. The number of guanidine groups is 1. The molecule has 0 amide bonds. The molecule has 0 saturated carbocycles. The molecule has 0 aliphatic heterocycles. The molecule has 0 aromatic heterocycles. The van der Waals surface area contributed by atoms with Gasteiger partial charge in [0.05, 0.1) is 0 Å². The number of nitrogens with zero attached hydrogens (tertiary/aromatic N) is 1. The number of rotatable bonds is 6. The number of halogens is 2. The zero-order valence-electron chi connectivity index (χ0n) is 11.6. The van der Waals surface area contributed by atoms with Crippen LogP contribution < -0.4 is 10.6 Å². The van der Waals surface area contributed by atoms with E-state index in [2.05, 4.69) is 22.5 Å². The van der Waals surface area contributed by atoms with Gasteiger partial charge in [-0.05, 0) is 30.5 Å². The van der Waals surface area contributed by atoms with Gasteiger partial charge in [-0.25, -0.2) is 4.39 Å². The maximum absolute atomic E-state index is 13.0. The molecular weight excluding hydrogens is 356 g/mol. The molecular formula is C14H23FIN3. The van der Waals surface area contributed by atoms with Crippen molar-refractivity contribution in [2.75, 3.05) is 20.1 Å². The number of benzene rings is 1. The highest BCUT2D eigenvalue weighted by Crippen LogP contribution is 2.03. The highest BCUT2D eigenvalue weighted by Gasteiger charge is 1.98. The van der Waals surface area contributed by atoms with Gasteiger partial charge in [0.2, 0.25) is 0 Å². The van der Waals surface area contributed by atoms with Crippen molar-refractivity contribution in [2.24, 2.45) is 4.99 Å². The summed E-state index contributed by atoms with van der Waals surface area (Å²) in [5.41, 5.74) is 0.992. The topological polar surface area (TPSA) is 36.4 Å². The van der Waals surface area contributed by atoms with Gasteiger partial charge < -0.3 is 10.6 Å². The van der Waals surface area contributed by atoms with Gasteiger partial charge in [-0.3, -0.25) is 4.99 Å². The van der Waals surface area contributed by atoms with Gasteiger partial charge in [-0.1, -0.05) is 25.5 Å². The normalized spacial score (nSPS) is 10.8. The number of hydrogen-bond acceptors (Lipinski definition) is 1. The fourth-order valence-corrected chi connectivity index (χ4v) is 1.62. The van der Waals surface area contributed by atoms with E-state index >= 15 is 0 Å². The van der Waals surface area contributed by atoms with Gasteiger partial charge in [0.1, 0.15) is 5.82 Å². The van der Waals surface area contributed by atoms with Crippen molar-refractivity contribution in [3.05, 3.63) is 35.6 Å². The van der Waals surface area contributed by atoms with Crippen molar-refractivity contribution in [1.29, 1.82) is 0 Å². The molecule has 0 saturated heterocycles. The van der Waals surface area contributed by atoms with Gasteiger partial charge in [-0.15, -0.1) is 24.0 Å². The average Bonchev–Trinajstić information content (AvgIpc) is 2.37. The SMILES string of the molecule is CCCCNC(=NC)NCCc1cccc(F)c1.I. The van der Waals surface area contributed by atoms with Crippen molar-refractivity contribution in [2.45, 2.75) is 26.2 Å². The zero-order chi connectivity index (χ0) is 13.2. The van der Waals surface area contributed by atoms with E-state index in [1.54, 1.807) is 19.2 Å². The van der Waals surface area contributed by atoms with E-state index in [0.29, 0.717) is 0 Å². The van der Waals surface area contributed by atoms with Gasteiger partial charge >= 0.3 is 0 Å². The van der Waals surface area contributed by atoms with Crippen LogP contribution in [0, 0.1) is 5.82 Å². The molecule has 3 nitrogen and oxygen atoms in total. The third kappa shape index (κ3) is 8.02. The van der Waals surface area contributed by atoms with Gasteiger partial charge in [0, 0.05) is 20.1 Å². The number of hydrogen-bond donors (Lipinski definition) is 2. The van der Waals surface area contributed by atoms with E-state index in [9.17, 15) is 4.39 Å². The summed E-state index contributed by atoms with van der Waals surface area (Å²) in [6.07, 6.45) is 3.07. The van der Waals surface area contributed by atoms with E-state index in [-0.39, 0.29) is 29.8 Å². The standard InChI is InChI=1S/C14H22FN3.HI/c1-3-4-9-17-14(16-2)18-10-8-12-6-5-7-13(15)11-12;/h5-7,11H,3-4,8-10H2,1-2H3,(H2,16,17,18);1H. The number of unbranched alkanes of at least 4 members (excludes halogenated alkanes) is 1. The Bertz CT molecular complexity index is 383. The Morgan fingerprint density at radius 1 is 1.26 bits per heavy atom. The first-order chi connectivity index (χ1) is 8.76. The fourth-order valence-electron chi connectivity index (χ4n) is 1.62. The molecule has 0 atom stereocenters. The molecule has 0 spiro atoms. The van der Waals surface area contributed by atoms with Crippen LogP contribution in [0.4, 0.5) is 4.39 Å². The lowest BCUT2D eigenvalue weighted by Crippen LogP contribution is -2.38. The van der Waals surface area contributed by atoms with E-state index < -0.39 is 0 Å². The molecule has 0 fully saturated rings. The molecule has 19 heavy (non-hydrogen) atoms. The lowest BCUT2D eigenvalue weighted by Gasteiger charge is -2.11. The van der Waals surface area contributed by atoms with Gasteiger partial charge in [-0.2, -0.15) is 0 Å². The van der Waals surface area contributed by atoms with Crippen LogP contribution in [0.25, 0.3) is 0 Å². The molecule has 108 valence electrons. The molecule has 0 heterocycles. The van der Waals surface area contributed by atoms with Crippen molar-refractivity contribution in [1.82, 2.24) is 10.6 Å². The first-order valence-electron chi connectivity index (χ1n) is 6.45. The van der Waals surface area contributed by atoms with Crippen molar-refractivity contribution in [3.8, 4) is 0 Å². The van der Waals surface area contributed by atoms with E-state index in [1.807, 2.05) is 6.07 Å². The maximum Gasteiger partial charge on any atom is 0.190 e. The summed E-state index contributed by atoms with van der Waals surface area (Å²) in [7, 11) is 1.75. The first kappa shape index (κ1) is 18.1. The fraction of sp³-hybridized carbons (Fsp3) is 0.500. The zero-order valence-corrected chi connectivity index (χ0v) is 13.9. The van der Waals surface area contributed by atoms with Crippen LogP contribution in [-0.2, 0) is 6.42 Å². The molecule has 0 aliphatic carbocycles. The monoisotopic (exact) mass is 379 g/mol. The summed E-state index contributed by atoms with van der Waals surface area (Å²) in [4.78, 5) is 4.13. The average molecular weight is 379 g/mol. The Kier molecular flexibility index (Phi) is 10.5. The van der Waals surface area contributed by atoms with E-state index in [4.69, 9.17) is 0 Å². The van der Waals surface area contributed by atoms with Crippen LogP contribution in [0.3, 0.4) is 0 Å². The van der Waals surface area contributed by atoms with Crippen LogP contribution in [0.15, 0.2) is 29.3 Å². The van der Waals surface area contributed by atoms with E-state index in [0.717, 1.165) is 43.9 Å². The molecule has 0 aliphatic rings. The third-order valence-electron chi connectivity index (χ3n) is 2.64. The summed E-state index contributed by atoms with van der Waals surface area (Å²) in [5, 5.41) is 6.45. The lowest BCUT2D eigenvalue weighted by atomic mass is 10.1. The van der Waals surface area contributed by atoms with E-state index in [1.165, 1.54) is 6.07 Å². The number of nitrogens with one attached hydrogen (secondary N) is 2. The maximum atomic E-state index is 13.0. The smallest absolute Gasteiger partial charge is 0.190 e. The van der Waals surface area contributed by atoms with Crippen molar-refractivity contribution >= 4 is 29.9 Å². The quantitative estimate of drug-likeness (QED) is 0.345. The minimum absolute atomic E-state index is 0. The van der Waals surface area contributed by atoms with Crippen molar-refractivity contribution in [3.63, 3.8) is 0 Å². The molecule has 0 radical (unpaired) electrons. The van der Waals surface area contributed by atoms with Crippen LogP contribution in [0.2, 0.25) is 0 Å². The van der Waals surface area contributed by atoms with Crippen LogP contribution >= 0.6 is 24.0 Å². The van der Waals surface area contributed by atoms with Crippen molar-refractivity contribution < 1.29 is 4.39 Å². The van der Waals surface area contributed by atoms with Crippen LogP contribution in [0.5, 0.6) is 0 Å². The minimum atomic E-state index is -0.182. The summed E-state index contributed by atoms with van der Waals surface area (Å²) in [6, 6.07) is 6.69. The van der Waals surface area contributed by atoms with Crippen LogP contribution in [0.1, 0.15) is 25.3 Å². The second-order valence-electron chi connectivity index (χ2n) is 4.16. The Labute approximate surface area is 132 Å².